The Morgan fingerprint density at radius 2 is 1.89 bits per heavy atom. The molecule has 0 spiro atoms. The summed E-state index contributed by atoms with van der Waals surface area (Å²) in [7, 11) is -3.44. The molecule has 27 heavy (non-hydrogen) atoms. The Balaban J connectivity index is 1.43. The predicted molar refractivity (Wildman–Crippen MR) is 106 cm³/mol. The minimum atomic E-state index is -3.44. The van der Waals surface area contributed by atoms with Gasteiger partial charge in [0.1, 0.15) is 4.21 Å². The zero-order valence-corrected chi connectivity index (χ0v) is 17.4. The molecule has 0 N–H and O–H groups in total. The Kier molecular flexibility index (Phi) is 5.68. The zero-order chi connectivity index (χ0) is 18.9. The maximum Gasteiger partial charge on any atom is 0.252 e. The van der Waals surface area contributed by atoms with E-state index in [1.54, 1.807) is 10.4 Å². The fraction of sp³-hybridized carbons (Fsp3) is 0.632. The van der Waals surface area contributed by atoms with Gasteiger partial charge in [-0.25, -0.2) is 8.42 Å². The summed E-state index contributed by atoms with van der Waals surface area (Å²) in [6, 6.07) is 4.24. The molecule has 1 saturated heterocycles. The van der Waals surface area contributed by atoms with Gasteiger partial charge in [-0.2, -0.15) is 4.31 Å². The van der Waals surface area contributed by atoms with Crippen molar-refractivity contribution in [3.8, 4) is 11.3 Å². The minimum Gasteiger partial charge on any atom is -0.356 e. The summed E-state index contributed by atoms with van der Waals surface area (Å²) in [6.45, 7) is 4.84. The van der Waals surface area contributed by atoms with Crippen molar-refractivity contribution in [2.75, 3.05) is 26.2 Å². The van der Waals surface area contributed by atoms with Gasteiger partial charge in [0.05, 0.1) is 5.69 Å². The Morgan fingerprint density at radius 1 is 1.15 bits per heavy atom. The number of piperazine rings is 1. The van der Waals surface area contributed by atoms with Crippen molar-refractivity contribution in [3.05, 3.63) is 23.2 Å². The molecule has 2 aromatic rings. The number of sulfonamides is 1. The molecule has 0 aromatic carbocycles. The first-order valence-corrected chi connectivity index (χ1v) is 12.2. The summed E-state index contributed by atoms with van der Waals surface area (Å²) >= 11 is 1.26. The lowest BCUT2D eigenvalue weighted by Gasteiger charge is -2.40. The lowest BCUT2D eigenvalue weighted by atomic mass is 9.94. The minimum absolute atomic E-state index is 0.387. The molecule has 2 aliphatic rings. The Bertz CT molecular complexity index is 860. The Hall–Kier alpha value is -1.22. The largest absolute Gasteiger partial charge is 0.356 e. The van der Waals surface area contributed by atoms with Crippen LogP contribution in [-0.2, 0) is 16.4 Å². The van der Waals surface area contributed by atoms with Gasteiger partial charge in [-0.1, -0.05) is 31.3 Å². The molecule has 2 aromatic heterocycles. The molecule has 0 unspecified atom stereocenters. The highest BCUT2D eigenvalue weighted by atomic mass is 32.2. The van der Waals surface area contributed by atoms with Gasteiger partial charge in [-0.15, -0.1) is 11.3 Å². The first kappa shape index (κ1) is 19.1. The van der Waals surface area contributed by atoms with Crippen molar-refractivity contribution in [3.63, 3.8) is 0 Å². The number of aryl methyl sites for hydroxylation is 1. The van der Waals surface area contributed by atoms with Crippen molar-refractivity contribution in [2.45, 2.75) is 55.7 Å². The zero-order valence-electron chi connectivity index (χ0n) is 15.8. The van der Waals surface area contributed by atoms with Crippen LogP contribution < -0.4 is 0 Å². The van der Waals surface area contributed by atoms with E-state index in [-0.39, 0.29) is 0 Å². The van der Waals surface area contributed by atoms with E-state index in [9.17, 15) is 8.42 Å². The molecule has 148 valence electrons. The second kappa shape index (κ2) is 8.03. The van der Waals surface area contributed by atoms with Crippen LogP contribution in [0.15, 0.2) is 26.2 Å². The van der Waals surface area contributed by atoms with Crippen LogP contribution in [0.5, 0.6) is 0 Å². The lowest BCUT2D eigenvalue weighted by Crippen LogP contribution is -2.52. The molecule has 0 atom stereocenters. The normalized spacial score (nSPS) is 20.9. The Morgan fingerprint density at radius 3 is 2.56 bits per heavy atom. The highest BCUT2D eigenvalue weighted by Gasteiger charge is 2.32. The molecule has 0 bridgehead atoms. The molecule has 1 aliphatic carbocycles. The molecule has 3 heterocycles. The third kappa shape index (κ3) is 3.99. The monoisotopic (exact) mass is 409 g/mol. The summed E-state index contributed by atoms with van der Waals surface area (Å²) in [5.74, 6) is 0.631. The number of thiophene rings is 1. The standard InChI is InChI=1S/C19H27N3O3S2/c1-2-16-13-18(25-20-16)15-12-19(26-14-15)27(23,24)22-10-8-21(9-11-22)17-6-4-3-5-7-17/h12-14,17H,2-11H2,1H3. The first-order valence-electron chi connectivity index (χ1n) is 9.86. The second-order valence-electron chi connectivity index (χ2n) is 7.42. The van der Waals surface area contributed by atoms with Gasteiger partial charge in [0.2, 0.25) is 0 Å². The van der Waals surface area contributed by atoms with Crippen LogP contribution in [0.25, 0.3) is 11.3 Å². The average Bonchev–Trinajstić information content (AvgIpc) is 3.38. The van der Waals surface area contributed by atoms with E-state index in [1.807, 2.05) is 18.4 Å². The molecule has 0 radical (unpaired) electrons. The summed E-state index contributed by atoms with van der Waals surface area (Å²) < 4.78 is 33.5. The number of hydrogen-bond acceptors (Lipinski definition) is 6. The van der Waals surface area contributed by atoms with Gasteiger partial charge in [0.15, 0.2) is 5.76 Å². The maximum atomic E-state index is 13.0. The smallest absolute Gasteiger partial charge is 0.252 e. The van der Waals surface area contributed by atoms with E-state index in [0.717, 1.165) is 30.8 Å². The third-order valence-electron chi connectivity index (χ3n) is 5.74. The van der Waals surface area contributed by atoms with E-state index >= 15 is 0 Å². The van der Waals surface area contributed by atoms with Crippen LogP contribution in [0.2, 0.25) is 0 Å². The van der Waals surface area contributed by atoms with Gasteiger partial charge >= 0.3 is 0 Å². The molecule has 1 saturated carbocycles. The number of hydrogen-bond donors (Lipinski definition) is 0. The van der Waals surface area contributed by atoms with E-state index < -0.39 is 10.0 Å². The molecule has 2 fully saturated rings. The number of rotatable bonds is 5. The third-order valence-corrected chi connectivity index (χ3v) is 9.05. The molecular weight excluding hydrogens is 382 g/mol. The number of aromatic nitrogens is 1. The van der Waals surface area contributed by atoms with Crippen molar-refractivity contribution >= 4 is 21.4 Å². The SMILES string of the molecule is CCc1cc(-c2csc(S(=O)(=O)N3CCN(C4CCCCC4)CC3)c2)on1. The summed E-state index contributed by atoms with van der Waals surface area (Å²) in [5, 5.41) is 5.83. The fourth-order valence-corrected chi connectivity index (χ4v) is 6.82. The maximum absolute atomic E-state index is 13.0. The van der Waals surface area contributed by atoms with E-state index in [1.165, 1.54) is 43.4 Å². The van der Waals surface area contributed by atoms with Crippen LogP contribution >= 0.6 is 11.3 Å². The van der Waals surface area contributed by atoms with Crippen LogP contribution in [0.4, 0.5) is 0 Å². The quantitative estimate of drug-likeness (QED) is 0.755. The molecule has 1 aliphatic heterocycles. The fourth-order valence-electron chi connectivity index (χ4n) is 4.08. The summed E-state index contributed by atoms with van der Waals surface area (Å²) in [5.41, 5.74) is 1.66. The Labute approximate surface area is 165 Å². The van der Waals surface area contributed by atoms with E-state index in [0.29, 0.717) is 29.1 Å². The van der Waals surface area contributed by atoms with Crippen molar-refractivity contribution in [2.24, 2.45) is 0 Å². The molecular formula is C19H27N3O3S2. The lowest BCUT2D eigenvalue weighted by molar-refractivity contribution is 0.111. The van der Waals surface area contributed by atoms with Crippen molar-refractivity contribution in [1.29, 1.82) is 0 Å². The first-order chi connectivity index (χ1) is 13.1. The van der Waals surface area contributed by atoms with Crippen LogP contribution in [0.1, 0.15) is 44.7 Å². The predicted octanol–water partition coefficient (Wildman–Crippen LogP) is 3.60. The van der Waals surface area contributed by atoms with Gasteiger partial charge in [0.25, 0.3) is 10.0 Å². The van der Waals surface area contributed by atoms with Crippen LogP contribution in [0.3, 0.4) is 0 Å². The van der Waals surface area contributed by atoms with Crippen molar-refractivity contribution < 1.29 is 12.9 Å². The van der Waals surface area contributed by atoms with Gasteiger partial charge in [0, 0.05) is 49.2 Å². The van der Waals surface area contributed by atoms with Crippen LogP contribution in [-0.4, -0.2) is 55.0 Å². The molecule has 8 heteroatoms. The van der Waals surface area contributed by atoms with E-state index in [4.69, 9.17) is 4.52 Å². The average molecular weight is 410 g/mol. The highest BCUT2D eigenvalue weighted by molar-refractivity contribution is 7.91. The highest BCUT2D eigenvalue weighted by Crippen LogP contribution is 2.32. The number of nitrogens with zero attached hydrogens (tertiary/aromatic N) is 3. The van der Waals surface area contributed by atoms with Gasteiger partial charge in [-0.3, -0.25) is 4.90 Å². The topological polar surface area (TPSA) is 66.7 Å². The summed E-state index contributed by atoms with van der Waals surface area (Å²) in [4.78, 5) is 2.49. The van der Waals surface area contributed by atoms with Crippen molar-refractivity contribution in [1.82, 2.24) is 14.4 Å². The second-order valence-corrected chi connectivity index (χ2v) is 10.5. The molecule has 4 rings (SSSR count). The molecule has 6 nitrogen and oxygen atoms in total. The van der Waals surface area contributed by atoms with Gasteiger partial charge < -0.3 is 4.52 Å². The van der Waals surface area contributed by atoms with E-state index in [2.05, 4.69) is 10.1 Å². The van der Waals surface area contributed by atoms with Crippen LogP contribution in [0, 0.1) is 0 Å². The van der Waals surface area contributed by atoms with Gasteiger partial charge in [-0.05, 0) is 25.3 Å². The summed E-state index contributed by atoms with van der Waals surface area (Å²) in [6.07, 6.45) is 7.28. The molecule has 0 amide bonds.